The van der Waals surface area contributed by atoms with Crippen LogP contribution >= 0.6 is 0 Å². The Morgan fingerprint density at radius 1 is 1.44 bits per heavy atom. The molecular weight excluding hydrogens is 218 g/mol. The molecule has 0 aromatic heterocycles. The highest BCUT2D eigenvalue weighted by Gasteiger charge is 2.12. The van der Waals surface area contributed by atoms with Crippen LogP contribution in [0.15, 0.2) is 12.1 Å². The molecule has 0 saturated heterocycles. The van der Waals surface area contributed by atoms with Crippen molar-refractivity contribution < 1.29 is 23.4 Å². The van der Waals surface area contributed by atoms with E-state index in [1.54, 1.807) is 0 Å². The van der Waals surface area contributed by atoms with Gasteiger partial charge in [0.15, 0.2) is 11.6 Å². The topological polar surface area (TPSA) is 46.5 Å². The lowest BCUT2D eigenvalue weighted by Crippen LogP contribution is -2.00. The van der Waals surface area contributed by atoms with E-state index in [1.807, 2.05) is 0 Å². The van der Waals surface area contributed by atoms with Gasteiger partial charge in [0.25, 0.3) is 0 Å². The molecule has 0 atom stereocenters. The fourth-order valence-corrected chi connectivity index (χ4v) is 1.46. The average Bonchev–Trinajstić information content (AvgIpc) is 2.16. The second-order valence-electron chi connectivity index (χ2n) is 3.33. The molecular formula is C11H12F2O3. The summed E-state index contributed by atoms with van der Waals surface area (Å²) in [4.78, 5) is 10.3. The van der Waals surface area contributed by atoms with Crippen LogP contribution in [0.4, 0.5) is 8.78 Å². The maximum absolute atomic E-state index is 13.2. The van der Waals surface area contributed by atoms with Gasteiger partial charge in [0.1, 0.15) is 5.82 Å². The van der Waals surface area contributed by atoms with Crippen molar-refractivity contribution in [1.29, 1.82) is 0 Å². The molecule has 0 saturated carbocycles. The summed E-state index contributed by atoms with van der Waals surface area (Å²) >= 11 is 0. The number of carbonyl (C=O) groups is 1. The zero-order chi connectivity index (χ0) is 12.1. The van der Waals surface area contributed by atoms with E-state index in [-0.39, 0.29) is 18.6 Å². The van der Waals surface area contributed by atoms with Crippen LogP contribution in [-0.4, -0.2) is 18.2 Å². The van der Waals surface area contributed by atoms with Crippen LogP contribution in [-0.2, 0) is 11.2 Å². The molecule has 88 valence electrons. The first-order valence-electron chi connectivity index (χ1n) is 4.78. The highest BCUT2D eigenvalue weighted by atomic mass is 19.1. The second-order valence-corrected chi connectivity index (χ2v) is 3.33. The number of benzene rings is 1. The van der Waals surface area contributed by atoms with E-state index in [9.17, 15) is 13.6 Å². The van der Waals surface area contributed by atoms with Crippen LogP contribution in [0.3, 0.4) is 0 Å². The molecule has 0 radical (unpaired) electrons. The maximum Gasteiger partial charge on any atom is 0.303 e. The molecule has 1 aromatic rings. The Kier molecular flexibility index (Phi) is 4.22. The number of aryl methyl sites for hydroxylation is 1. The van der Waals surface area contributed by atoms with E-state index in [0.717, 1.165) is 12.1 Å². The van der Waals surface area contributed by atoms with Crippen LogP contribution < -0.4 is 4.74 Å². The van der Waals surface area contributed by atoms with Gasteiger partial charge in [0.2, 0.25) is 0 Å². The monoisotopic (exact) mass is 230 g/mol. The van der Waals surface area contributed by atoms with E-state index < -0.39 is 17.6 Å². The van der Waals surface area contributed by atoms with E-state index in [4.69, 9.17) is 9.84 Å². The third kappa shape index (κ3) is 3.18. The predicted octanol–water partition coefficient (Wildman–Crippen LogP) is 2.38. The molecule has 1 rings (SSSR count). The van der Waals surface area contributed by atoms with Gasteiger partial charge >= 0.3 is 5.97 Å². The van der Waals surface area contributed by atoms with Crippen molar-refractivity contribution in [2.75, 3.05) is 7.11 Å². The average molecular weight is 230 g/mol. The minimum atomic E-state index is -0.934. The molecule has 5 heteroatoms. The molecule has 1 N–H and O–H groups in total. The van der Waals surface area contributed by atoms with Crippen molar-refractivity contribution >= 4 is 5.97 Å². The number of methoxy groups -OCH3 is 1. The Morgan fingerprint density at radius 3 is 2.69 bits per heavy atom. The quantitative estimate of drug-likeness (QED) is 0.844. The molecule has 0 aliphatic heterocycles. The highest BCUT2D eigenvalue weighted by Crippen LogP contribution is 2.25. The zero-order valence-corrected chi connectivity index (χ0v) is 8.80. The van der Waals surface area contributed by atoms with E-state index >= 15 is 0 Å². The standard InChI is InChI=1S/C11H12F2O3/c1-16-11-7(3-2-4-10(14)15)5-8(12)6-9(11)13/h5-6H,2-4H2,1H3,(H,14,15). The van der Waals surface area contributed by atoms with Crippen LogP contribution in [0.5, 0.6) is 5.75 Å². The Labute approximate surface area is 91.7 Å². The number of hydrogen-bond donors (Lipinski definition) is 1. The van der Waals surface area contributed by atoms with Crippen LogP contribution in [0.1, 0.15) is 18.4 Å². The number of carboxylic acid groups (broad SMARTS) is 1. The van der Waals surface area contributed by atoms with Gasteiger partial charge in [0, 0.05) is 18.1 Å². The normalized spacial score (nSPS) is 10.2. The fourth-order valence-electron chi connectivity index (χ4n) is 1.46. The molecule has 0 bridgehead atoms. The molecule has 3 nitrogen and oxygen atoms in total. The van der Waals surface area contributed by atoms with Gasteiger partial charge < -0.3 is 9.84 Å². The summed E-state index contributed by atoms with van der Waals surface area (Å²) in [5, 5.41) is 8.45. The lowest BCUT2D eigenvalue weighted by molar-refractivity contribution is -0.137. The summed E-state index contributed by atoms with van der Waals surface area (Å²) in [7, 11) is 1.29. The van der Waals surface area contributed by atoms with Crippen molar-refractivity contribution in [1.82, 2.24) is 0 Å². The molecule has 16 heavy (non-hydrogen) atoms. The van der Waals surface area contributed by atoms with E-state index in [1.165, 1.54) is 7.11 Å². The highest BCUT2D eigenvalue weighted by molar-refractivity contribution is 5.66. The molecule has 0 heterocycles. The molecule has 0 aliphatic rings. The van der Waals surface area contributed by atoms with Crippen molar-refractivity contribution in [3.05, 3.63) is 29.3 Å². The first-order valence-corrected chi connectivity index (χ1v) is 4.78. The fraction of sp³-hybridized carbons (Fsp3) is 0.364. The first-order chi connectivity index (χ1) is 7.54. The summed E-state index contributed by atoms with van der Waals surface area (Å²) in [6.45, 7) is 0. The largest absolute Gasteiger partial charge is 0.493 e. The van der Waals surface area contributed by atoms with Crippen molar-refractivity contribution in [3.8, 4) is 5.75 Å². The van der Waals surface area contributed by atoms with E-state index in [2.05, 4.69) is 0 Å². The van der Waals surface area contributed by atoms with Gasteiger partial charge in [-0.15, -0.1) is 0 Å². The minimum Gasteiger partial charge on any atom is -0.493 e. The van der Waals surface area contributed by atoms with Gasteiger partial charge in [-0.3, -0.25) is 4.79 Å². The minimum absolute atomic E-state index is 0.0215. The number of ether oxygens (including phenoxy) is 1. The Balaban J connectivity index is 2.81. The lowest BCUT2D eigenvalue weighted by Gasteiger charge is -2.09. The van der Waals surface area contributed by atoms with Gasteiger partial charge in [-0.25, -0.2) is 8.78 Å². The van der Waals surface area contributed by atoms with E-state index in [0.29, 0.717) is 12.0 Å². The lowest BCUT2D eigenvalue weighted by atomic mass is 10.1. The van der Waals surface area contributed by atoms with Crippen molar-refractivity contribution in [3.63, 3.8) is 0 Å². The second kappa shape index (κ2) is 5.44. The Hall–Kier alpha value is -1.65. The molecule has 0 unspecified atom stereocenters. The summed E-state index contributed by atoms with van der Waals surface area (Å²) in [6.07, 6.45) is 0.542. The number of carboxylic acids is 1. The van der Waals surface area contributed by atoms with Crippen LogP contribution in [0, 0.1) is 11.6 Å². The van der Waals surface area contributed by atoms with Crippen LogP contribution in [0.2, 0.25) is 0 Å². The van der Waals surface area contributed by atoms with Crippen molar-refractivity contribution in [2.24, 2.45) is 0 Å². The summed E-state index contributed by atoms with van der Waals surface area (Å²) in [6, 6.07) is 1.89. The third-order valence-corrected chi connectivity index (χ3v) is 2.13. The molecule has 0 aliphatic carbocycles. The maximum atomic E-state index is 13.2. The SMILES string of the molecule is COc1c(F)cc(F)cc1CCCC(=O)O. The summed E-state index contributed by atoms with van der Waals surface area (Å²) < 4.78 is 30.9. The number of halogens is 2. The number of hydrogen-bond acceptors (Lipinski definition) is 2. The molecule has 0 amide bonds. The van der Waals surface area contributed by atoms with Gasteiger partial charge in [-0.2, -0.15) is 0 Å². The van der Waals surface area contributed by atoms with Crippen LogP contribution in [0.25, 0.3) is 0 Å². The third-order valence-electron chi connectivity index (χ3n) is 2.13. The smallest absolute Gasteiger partial charge is 0.303 e. The number of aliphatic carboxylic acids is 1. The summed E-state index contributed by atoms with van der Waals surface area (Å²) in [5.74, 6) is -2.42. The van der Waals surface area contributed by atoms with Gasteiger partial charge in [-0.1, -0.05) is 0 Å². The summed E-state index contributed by atoms with van der Waals surface area (Å²) in [5.41, 5.74) is 0.348. The molecule has 0 fully saturated rings. The zero-order valence-electron chi connectivity index (χ0n) is 8.80. The molecule has 0 spiro atoms. The molecule has 1 aromatic carbocycles. The van der Waals surface area contributed by atoms with Gasteiger partial charge in [0.05, 0.1) is 7.11 Å². The predicted molar refractivity (Wildman–Crippen MR) is 53.5 cm³/mol. The Bertz CT molecular complexity index is 391. The van der Waals surface area contributed by atoms with Crippen molar-refractivity contribution in [2.45, 2.75) is 19.3 Å². The Morgan fingerprint density at radius 2 is 2.12 bits per heavy atom. The number of rotatable bonds is 5. The van der Waals surface area contributed by atoms with Gasteiger partial charge in [-0.05, 0) is 18.9 Å². The first kappa shape index (κ1) is 12.4.